The predicted octanol–water partition coefficient (Wildman–Crippen LogP) is 4.58. The quantitative estimate of drug-likeness (QED) is 0.519. The van der Waals surface area contributed by atoms with Gasteiger partial charge in [0.05, 0.1) is 5.02 Å². The van der Waals surface area contributed by atoms with Gasteiger partial charge in [-0.1, -0.05) is 43.6 Å². The van der Waals surface area contributed by atoms with Crippen LogP contribution in [0.2, 0.25) is 5.02 Å². The van der Waals surface area contributed by atoms with Crippen LogP contribution in [0.25, 0.3) is 0 Å². The van der Waals surface area contributed by atoms with E-state index in [0.717, 1.165) is 0 Å². The molecule has 1 aromatic rings. The lowest BCUT2D eigenvalue weighted by Crippen LogP contribution is -2.15. The summed E-state index contributed by atoms with van der Waals surface area (Å²) in [6, 6.07) is 2.93. The van der Waals surface area contributed by atoms with Crippen LogP contribution in [0, 0.1) is 20.2 Å². The molecular weight excluding hydrogens is 296 g/mol. The van der Waals surface area contributed by atoms with Crippen molar-refractivity contribution >= 4 is 11.6 Å². The zero-order valence-corrected chi connectivity index (χ0v) is 12.9. The molecule has 0 aliphatic rings. The molecule has 0 spiro atoms. The molecule has 2 atom stereocenters. The third-order valence-corrected chi connectivity index (χ3v) is 3.85. The lowest BCUT2D eigenvalue weighted by molar-refractivity contribution is -0.531. The molecule has 1 aromatic carbocycles. The first-order valence-electron chi connectivity index (χ1n) is 6.99. The Hall–Kier alpha value is -1.69. The van der Waals surface area contributed by atoms with Crippen molar-refractivity contribution in [3.63, 3.8) is 0 Å². The lowest BCUT2D eigenvalue weighted by Gasteiger charge is -2.15. The van der Waals surface area contributed by atoms with E-state index in [2.05, 4.69) is 0 Å². The van der Waals surface area contributed by atoms with E-state index < -0.39 is 12.1 Å². The highest BCUT2D eigenvalue weighted by molar-refractivity contribution is 6.32. The van der Waals surface area contributed by atoms with Gasteiger partial charge < -0.3 is 0 Å². The summed E-state index contributed by atoms with van der Waals surface area (Å²) in [6.45, 7) is 3.70. The van der Waals surface area contributed by atoms with Crippen molar-refractivity contribution in [2.24, 2.45) is 0 Å². The fraction of sp³-hybridized carbons (Fsp3) is 0.571. The number of nitrogens with zero attached hydrogens (tertiary/aromatic N) is 2. The zero-order valence-electron chi connectivity index (χ0n) is 12.1. The Balaban J connectivity index is 3.29. The molecule has 0 saturated heterocycles. The second-order valence-electron chi connectivity index (χ2n) is 4.93. The van der Waals surface area contributed by atoms with Crippen LogP contribution in [0.3, 0.4) is 0 Å². The van der Waals surface area contributed by atoms with E-state index in [1.54, 1.807) is 18.2 Å². The molecule has 7 heteroatoms. The largest absolute Gasteiger partial charge is 0.264 e. The van der Waals surface area contributed by atoms with Gasteiger partial charge in [-0.25, -0.2) is 0 Å². The summed E-state index contributed by atoms with van der Waals surface area (Å²) < 4.78 is 0. The number of hydrogen-bond acceptors (Lipinski definition) is 4. The van der Waals surface area contributed by atoms with Gasteiger partial charge in [0.2, 0.25) is 12.1 Å². The Morgan fingerprint density at radius 3 is 1.67 bits per heavy atom. The molecule has 0 aromatic heterocycles. The van der Waals surface area contributed by atoms with Crippen molar-refractivity contribution in [3.8, 4) is 0 Å². The summed E-state index contributed by atoms with van der Waals surface area (Å²) >= 11 is 6.25. The number of halogens is 1. The summed E-state index contributed by atoms with van der Waals surface area (Å²) in [5, 5.41) is 22.5. The minimum Gasteiger partial charge on any atom is -0.264 e. The van der Waals surface area contributed by atoms with Crippen LogP contribution < -0.4 is 0 Å². The molecule has 0 amide bonds. The van der Waals surface area contributed by atoms with Gasteiger partial charge in [0.25, 0.3) is 0 Å². The molecule has 0 saturated carbocycles. The third kappa shape index (κ3) is 4.14. The van der Waals surface area contributed by atoms with Crippen molar-refractivity contribution in [2.75, 3.05) is 0 Å². The summed E-state index contributed by atoms with van der Waals surface area (Å²) in [5.41, 5.74) is 0.730. The van der Waals surface area contributed by atoms with Gasteiger partial charge in [-0.2, -0.15) is 0 Å². The van der Waals surface area contributed by atoms with E-state index in [4.69, 9.17) is 11.6 Å². The fourth-order valence-electron chi connectivity index (χ4n) is 2.38. The molecule has 21 heavy (non-hydrogen) atoms. The van der Waals surface area contributed by atoms with E-state index >= 15 is 0 Å². The van der Waals surface area contributed by atoms with E-state index in [1.807, 2.05) is 13.8 Å². The highest BCUT2D eigenvalue weighted by atomic mass is 35.5. The average molecular weight is 315 g/mol. The fourth-order valence-corrected chi connectivity index (χ4v) is 2.76. The van der Waals surface area contributed by atoms with Crippen molar-refractivity contribution in [1.82, 2.24) is 0 Å². The summed E-state index contributed by atoms with van der Waals surface area (Å²) in [4.78, 5) is 21.6. The van der Waals surface area contributed by atoms with Crippen LogP contribution >= 0.6 is 11.6 Å². The molecule has 2 unspecified atom stereocenters. The summed E-state index contributed by atoms with van der Waals surface area (Å²) in [6.07, 6.45) is 1.99. The van der Waals surface area contributed by atoms with Crippen LogP contribution in [0.5, 0.6) is 0 Å². The SMILES string of the molecule is CCCC(c1cccc(C(CCC)[N+](=O)[O-])c1Cl)[N+](=O)[O-]. The van der Waals surface area contributed by atoms with Gasteiger partial charge in [-0.3, -0.25) is 20.2 Å². The Morgan fingerprint density at radius 1 is 1.00 bits per heavy atom. The first-order valence-corrected chi connectivity index (χ1v) is 7.37. The Labute approximate surface area is 128 Å². The monoisotopic (exact) mass is 314 g/mol. The molecule has 0 N–H and O–H groups in total. The maximum absolute atomic E-state index is 11.2. The molecule has 6 nitrogen and oxygen atoms in total. The van der Waals surface area contributed by atoms with Crippen molar-refractivity contribution in [2.45, 2.75) is 51.6 Å². The van der Waals surface area contributed by atoms with Crippen LogP contribution in [0.4, 0.5) is 0 Å². The van der Waals surface area contributed by atoms with Crippen LogP contribution in [0.15, 0.2) is 18.2 Å². The number of hydrogen-bond donors (Lipinski definition) is 0. The first-order chi connectivity index (χ1) is 9.93. The molecule has 0 radical (unpaired) electrons. The standard InChI is InChI=1S/C14H19ClN2O4/c1-3-6-12(16(18)19)10-8-5-9-11(14(10)15)13(7-4-2)17(20)21/h5,8-9,12-13H,3-4,6-7H2,1-2H3. The molecular formula is C14H19ClN2O4. The van der Waals surface area contributed by atoms with Gasteiger partial charge >= 0.3 is 0 Å². The van der Waals surface area contributed by atoms with Crippen LogP contribution in [-0.2, 0) is 0 Å². The third-order valence-electron chi connectivity index (χ3n) is 3.41. The van der Waals surface area contributed by atoms with Crippen molar-refractivity contribution < 1.29 is 9.85 Å². The Bertz CT molecular complexity index is 479. The van der Waals surface area contributed by atoms with E-state index in [9.17, 15) is 20.2 Å². The molecule has 0 bridgehead atoms. The van der Waals surface area contributed by atoms with E-state index in [1.165, 1.54) is 0 Å². The number of rotatable bonds is 8. The molecule has 1 rings (SSSR count). The minimum absolute atomic E-state index is 0.155. The average Bonchev–Trinajstić information content (AvgIpc) is 2.43. The van der Waals surface area contributed by atoms with Gasteiger partial charge in [0.1, 0.15) is 0 Å². The first kappa shape index (κ1) is 17.4. The second kappa shape index (κ2) is 7.93. The van der Waals surface area contributed by atoms with Gasteiger partial charge in [0, 0.05) is 33.8 Å². The van der Waals surface area contributed by atoms with Crippen molar-refractivity contribution in [3.05, 3.63) is 54.6 Å². The molecule has 0 fully saturated rings. The molecule has 0 heterocycles. The number of benzene rings is 1. The minimum atomic E-state index is -0.920. The lowest BCUT2D eigenvalue weighted by atomic mass is 9.96. The zero-order chi connectivity index (χ0) is 16.0. The second-order valence-corrected chi connectivity index (χ2v) is 5.31. The summed E-state index contributed by atoms with van der Waals surface area (Å²) in [5.74, 6) is 0. The maximum atomic E-state index is 11.2. The normalized spacial score (nSPS) is 13.7. The van der Waals surface area contributed by atoms with Crippen LogP contribution in [-0.4, -0.2) is 9.85 Å². The van der Waals surface area contributed by atoms with Gasteiger partial charge in [-0.05, 0) is 12.8 Å². The maximum Gasteiger partial charge on any atom is 0.239 e. The highest BCUT2D eigenvalue weighted by Gasteiger charge is 2.30. The van der Waals surface area contributed by atoms with Crippen LogP contribution in [0.1, 0.15) is 62.7 Å². The predicted molar refractivity (Wildman–Crippen MR) is 80.7 cm³/mol. The molecule has 0 aliphatic carbocycles. The Morgan fingerprint density at radius 2 is 1.38 bits per heavy atom. The summed E-state index contributed by atoms with van der Waals surface area (Å²) in [7, 11) is 0. The van der Waals surface area contributed by atoms with E-state index in [0.29, 0.717) is 36.8 Å². The van der Waals surface area contributed by atoms with E-state index in [-0.39, 0.29) is 14.9 Å². The Kier molecular flexibility index (Phi) is 6.55. The van der Waals surface area contributed by atoms with Gasteiger partial charge in [0.15, 0.2) is 0 Å². The number of nitro groups is 2. The molecule has 116 valence electrons. The van der Waals surface area contributed by atoms with Crippen molar-refractivity contribution in [1.29, 1.82) is 0 Å². The molecule has 0 aliphatic heterocycles. The smallest absolute Gasteiger partial charge is 0.239 e. The van der Waals surface area contributed by atoms with Gasteiger partial charge in [-0.15, -0.1) is 0 Å². The highest BCUT2D eigenvalue weighted by Crippen LogP contribution is 2.36. The topological polar surface area (TPSA) is 86.3 Å².